The fourth-order valence-corrected chi connectivity index (χ4v) is 7.50. The Morgan fingerprint density at radius 2 is 1.20 bits per heavy atom. The van der Waals surface area contributed by atoms with Crippen LogP contribution in [0.4, 0.5) is 4.79 Å². The first-order chi connectivity index (χ1) is 31.7. The molecule has 1 aliphatic carbocycles. The number of aromatic nitrogens is 4. The van der Waals surface area contributed by atoms with Crippen LogP contribution in [0, 0.1) is 0 Å². The monoisotopic (exact) mass is 893 g/mol. The number of carbonyl (C=O) groups excluding carboxylic acids is 4. The van der Waals surface area contributed by atoms with Crippen molar-refractivity contribution in [2.24, 2.45) is 0 Å². The van der Waals surface area contributed by atoms with Crippen molar-refractivity contribution in [1.82, 2.24) is 40.4 Å². The number of methoxy groups -OCH3 is 2. The zero-order valence-corrected chi connectivity index (χ0v) is 39.3. The molecule has 15 heteroatoms. The van der Waals surface area contributed by atoms with Crippen molar-refractivity contribution in [1.29, 1.82) is 0 Å². The molecule has 3 atom stereocenters. The minimum Gasteiger partial charge on any atom is -0.465 e. The van der Waals surface area contributed by atoms with E-state index in [0.717, 1.165) is 89.4 Å². The molecule has 0 radical (unpaired) electrons. The minimum absolute atomic E-state index is 0.0614. The third-order valence-corrected chi connectivity index (χ3v) is 10.7. The molecule has 3 unspecified atom stereocenters. The Hall–Kier alpha value is -6.32. The first-order valence-electron chi connectivity index (χ1n) is 22.6. The number of alkyl carbamates (subject to hydrolysis) is 1. The summed E-state index contributed by atoms with van der Waals surface area (Å²) in [4.78, 5) is 67.2. The Bertz CT molecular complexity index is 2170. The van der Waals surface area contributed by atoms with Crippen LogP contribution in [0.2, 0.25) is 0 Å². The van der Waals surface area contributed by atoms with Crippen molar-refractivity contribution in [3.05, 3.63) is 108 Å². The maximum absolute atomic E-state index is 13.6. The predicted molar refractivity (Wildman–Crippen MR) is 253 cm³/mol. The summed E-state index contributed by atoms with van der Waals surface area (Å²) in [6, 6.07) is 25.8. The predicted octanol–water partition coefficient (Wildman–Crippen LogP) is 8.80. The number of likely N-dealkylation sites (N-methyl/N-ethyl adjacent to an activating group) is 1. The van der Waals surface area contributed by atoms with Gasteiger partial charge in [0, 0.05) is 27.3 Å². The Labute approximate surface area is 384 Å². The van der Waals surface area contributed by atoms with E-state index in [1.165, 1.54) is 13.5 Å². The van der Waals surface area contributed by atoms with Crippen LogP contribution in [0.3, 0.4) is 0 Å². The summed E-state index contributed by atoms with van der Waals surface area (Å²) in [6.07, 6.45) is 10.2. The van der Waals surface area contributed by atoms with Crippen LogP contribution in [-0.4, -0.2) is 108 Å². The second-order valence-corrected chi connectivity index (χ2v) is 15.5. The van der Waals surface area contributed by atoms with Crippen LogP contribution in [0.5, 0.6) is 0 Å². The average molecular weight is 893 g/mol. The molecule has 0 bridgehead atoms. The molecule has 65 heavy (non-hydrogen) atoms. The van der Waals surface area contributed by atoms with E-state index in [2.05, 4.69) is 102 Å². The lowest BCUT2D eigenvalue weighted by molar-refractivity contribution is -0.134. The number of amides is 3. The maximum atomic E-state index is 13.6. The van der Waals surface area contributed by atoms with E-state index in [-0.39, 0.29) is 36.5 Å². The SMILES string of the molecule is CC.CCC.CNC(C(=O)N1CCCC1c1ncc(-c2ccc(-c3ccc(-c4cnc(C5CCCN5C(=O)CNC(=O)OC)[nH]4)cc3)cc2)[nH]1)c1ccccc1.COC.O=COC1CC1. The van der Waals surface area contributed by atoms with Crippen LogP contribution >= 0.6 is 0 Å². The molecule has 2 saturated heterocycles. The number of ether oxygens (including phenoxy) is 3. The van der Waals surface area contributed by atoms with E-state index < -0.39 is 12.1 Å². The van der Waals surface area contributed by atoms with Crippen LogP contribution in [0.15, 0.2) is 91.3 Å². The molecule has 3 aromatic carbocycles. The normalized spacial score (nSPS) is 16.4. The number of carbonyl (C=O) groups is 4. The van der Waals surface area contributed by atoms with Crippen molar-refractivity contribution in [2.75, 3.05) is 48.0 Å². The van der Waals surface area contributed by atoms with Crippen LogP contribution in [0.25, 0.3) is 33.6 Å². The van der Waals surface area contributed by atoms with Gasteiger partial charge in [-0.15, -0.1) is 0 Å². The number of rotatable bonds is 12. The van der Waals surface area contributed by atoms with Gasteiger partial charge in [-0.2, -0.15) is 0 Å². The number of hydrogen-bond acceptors (Lipinski definition) is 10. The smallest absolute Gasteiger partial charge is 0.407 e. The summed E-state index contributed by atoms with van der Waals surface area (Å²) in [5.74, 6) is 1.44. The molecule has 4 heterocycles. The quantitative estimate of drug-likeness (QED) is 0.0883. The van der Waals surface area contributed by atoms with Crippen LogP contribution in [-0.2, 0) is 28.6 Å². The third-order valence-electron chi connectivity index (χ3n) is 10.7. The van der Waals surface area contributed by atoms with Crippen molar-refractivity contribution < 1.29 is 33.4 Å². The zero-order chi connectivity index (χ0) is 47.1. The average Bonchev–Trinajstić information content (AvgIpc) is 3.85. The van der Waals surface area contributed by atoms with E-state index in [1.807, 2.05) is 62.3 Å². The van der Waals surface area contributed by atoms with Gasteiger partial charge in [-0.3, -0.25) is 14.4 Å². The van der Waals surface area contributed by atoms with Crippen molar-refractivity contribution in [3.8, 4) is 33.6 Å². The lowest BCUT2D eigenvalue weighted by Gasteiger charge is -2.28. The highest BCUT2D eigenvalue weighted by molar-refractivity contribution is 5.84. The molecular weight excluding hydrogens is 825 g/mol. The molecule has 350 valence electrons. The summed E-state index contributed by atoms with van der Waals surface area (Å²) < 4.78 is 13.3. The van der Waals surface area contributed by atoms with Gasteiger partial charge in [0.2, 0.25) is 11.8 Å². The Morgan fingerprint density at radius 1 is 0.738 bits per heavy atom. The van der Waals surface area contributed by atoms with Crippen molar-refractivity contribution in [2.45, 2.75) is 96.9 Å². The highest BCUT2D eigenvalue weighted by Gasteiger charge is 2.36. The van der Waals surface area contributed by atoms with Gasteiger partial charge in [0.25, 0.3) is 6.47 Å². The molecule has 3 aliphatic rings. The van der Waals surface area contributed by atoms with Crippen molar-refractivity contribution >= 4 is 24.4 Å². The topological polar surface area (TPSA) is 184 Å². The van der Waals surface area contributed by atoms with Gasteiger partial charge in [0.15, 0.2) is 0 Å². The number of hydrogen-bond donors (Lipinski definition) is 4. The van der Waals surface area contributed by atoms with E-state index in [0.29, 0.717) is 19.6 Å². The number of imidazole rings is 2. The third kappa shape index (κ3) is 14.6. The molecule has 2 aromatic heterocycles. The minimum atomic E-state index is -0.630. The summed E-state index contributed by atoms with van der Waals surface area (Å²) >= 11 is 0. The standard InChI is InChI=1S/C39H42N8O4.C4H6O2.C3H8.C2H6O.C2H6/c1-40-35(29-8-4-3-5-9-29)38(49)47-21-7-11-33(47)37-42-23-31(45-37)28-18-14-26(15-19-28)25-12-16-27(17-13-25)30-22-41-36(44-30)32-10-6-20-46(32)34(48)24-43-39(50)51-2;5-3-6-4-1-2-4;2*1-3-2;1-2/h3-5,8-9,12-19,22-23,32-33,35,40H,6-7,10-11,20-21,24H2,1-2H3,(H,41,44)(H,42,45)(H,43,50);3-4H,1-2H2;3H2,1-2H3;1-2H3;1-2H3. The number of nitrogens with zero attached hydrogens (tertiary/aromatic N) is 4. The zero-order valence-electron chi connectivity index (χ0n) is 39.3. The lowest BCUT2D eigenvalue weighted by atomic mass is 10.0. The Kier molecular flexibility index (Phi) is 21.4. The first kappa shape index (κ1) is 51.3. The van der Waals surface area contributed by atoms with Gasteiger partial charge in [-0.05, 0) is 73.4 Å². The van der Waals surface area contributed by atoms with Crippen LogP contribution in [0.1, 0.15) is 108 Å². The van der Waals surface area contributed by atoms with Gasteiger partial charge in [-0.25, -0.2) is 14.8 Å². The maximum Gasteiger partial charge on any atom is 0.407 e. The van der Waals surface area contributed by atoms with Gasteiger partial charge in [0.05, 0.1) is 43.0 Å². The second-order valence-electron chi connectivity index (χ2n) is 15.5. The van der Waals surface area contributed by atoms with E-state index in [1.54, 1.807) is 25.3 Å². The molecule has 0 spiro atoms. The largest absolute Gasteiger partial charge is 0.465 e. The second kappa shape index (κ2) is 27.1. The van der Waals surface area contributed by atoms with Crippen LogP contribution < -0.4 is 10.6 Å². The molecule has 4 N–H and O–H groups in total. The number of aromatic amines is 2. The fourth-order valence-electron chi connectivity index (χ4n) is 7.50. The highest BCUT2D eigenvalue weighted by atomic mass is 16.5. The van der Waals surface area contributed by atoms with Crippen molar-refractivity contribution in [3.63, 3.8) is 0 Å². The van der Waals surface area contributed by atoms with Gasteiger partial charge in [-0.1, -0.05) is 113 Å². The lowest BCUT2D eigenvalue weighted by Crippen LogP contribution is -2.40. The molecule has 15 nitrogen and oxygen atoms in total. The molecule has 1 saturated carbocycles. The molecule has 5 aromatic rings. The van der Waals surface area contributed by atoms with E-state index >= 15 is 0 Å². The van der Waals surface area contributed by atoms with Gasteiger partial charge < -0.3 is 44.6 Å². The first-order valence-corrected chi connectivity index (χ1v) is 22.6. The summed E-state index contributed by atoms with van der Waals surface area (Å²) in [5, 5.41) is 5.67. The van der Waals surface area contributed by atoms with E-state index in [9.17, 15) is 19.2 Å². The fraction of sp³-hybridized carbons (Fsp3) is 0.440. The molecule has 3 fully saturated rings. The van der Waals surface area contributed by atoms with Gasteiger partial charge in [0.1, 0.15) is 30.3 Å². The van der Waals surface area contributed by atoms with Gasteiger partial charge >= 0.3 is 6.09 Å². The summed E-state index contributed by atoms with van der Waals surface area (Å²) in [6.45, 7) is 9.97. The summed E-state index contributed by atoms with van der Waals surface area (Å²) in [5.41, 5.74) is 6.92. The molecular formula is C50H68N8O7. The Balaban J connectivity index is 0.000000578. The molecule has 3 amide bonds. The highest BCUT2D eigenvalue weighted by Crippen LogP contribution is 2.35. The van der Waals surface area contributed by atoms with E-state index in [4.69, 9.17) is 4.98 Å². The number of benzene rings is 3. The molecule has 2 aliphatic heterocycles. The molecule has 8 rings (SSSR count). The number of nitrogens with one attached hydrogen (secondary N) is 4. The number of H-pyrrole nitrogens is 2. The summed E-state index contributed by atoms with van der Waals surface area (Å²) in [7, 11) is 6.35. The number of likely N-dealkylation sites (tertiary alicyclic amines) is 2. The Morgan fingerprint density at radius 3 is 1.63 bits per heavy atom.